The Morgan fingerprint density at radius 3 is 2.70 bits per heavy atom. The Labute approximate surface area is 158 Å². The van der Waals surface area contributed by atoms with Crippen LogP contribution in [0.2, 0.25) is 0 Å². The van der Waals surface area contributed by atoms with Crippen LogP contribution in [0, 0.1) is 0 Å². The van der Waals surface area contributed by atoms with Crippen molar-refractivity contribution in [3.8, 4) is 5.69 Å². The van der Waals surface area contributed by atoms with Crippen LogP contribution in [0.4, 0.5) is 0 Å². The van der Waals surface area contributed by atoms with Gasteiger partial charge in [0, 0.05) is 30.5 Å². The van der Waals surface area contributed by atoms with Gasteiger partial charge in [-0.1, -0.05) is 30.3 Å². The lowest BCUT2D eigenvalue weighted by Crippen LogP contribution is -2.27. The third kappa shape index (κ3) is 3.77. The maximum atomic E-state index is 12.7. The van der Waals surface area contributed by atoms with Crippen LogP contribution in [0.5, 0.6) is 0 Å². The van der Waals surface area contributed by atoms with Gasteiger partial charge in [-0.15, -0.1) is 0 Å². The Kier molecular flexibility index (Phi) is 5.00. The molecular weight excluding hydrogens is 338 g/mol. The van der Waals surface area contributed by atoms with Crippen molar-refractivity contribution in [1.29, 1.82) is 0 Å². The van der Waals surface area contributed by atoms with Gasteiger partial charge in [-0.2, -0.15) is 5.10 Å². The molecule has 4 rings (SSSR count). The van der Waals surface area contributed by atoms with Gasteiger partial charge in [0.15, 0.2) is 0 Å². The van der Waals surface area contributed by atoms with E-state index in [0.717, 1.165) is 24.2 Å². The zero-order valence-corrected chi connectivity index (χ0v) is 15.2. The predicted molar refractivity (Wildman–Crippen MR) is 104 cm³/mol. The molecule has 1 aromatic heterocycles. The van der Waals surface area contributed by atoms with Crippen molar-refractivity contribution in [1.82, 2.24) is 25.9 Å². The van der Waals surface area contributed by atoms with Gasteiger partial charge in [0.2, 0.25) is 0 Å². The van der Waals surface area contributed by atoms with E-state index in [4.69, 9.17) is 0 Å². The van der Waals surface area contributed by atoms with Crippen LogP contribution in [-0.4, -0.2) is 22.2 Å². The van der Waals surface area contributed by atoms with Gasteiger partial charge in [0.05, 0.1) is 11.7 Å². The number of carbonyl (C=O) groups excluding carboxylic acids is 1. The molecule has 1 saturated heterocycles. The van der Waals surface area contributed by atoms with E-state index in [-0.39, 0.29) is 11.9 Å². The first-order chi connectivity index (χ1) is 13.2. The van der Waals surface area contributed by atoms with Crippen molar-refractivity contribution in [2.75, 3.05) is 6.54 Å². The number of hydrazine groups is 1. The summed E-state index contributed by atoms with van der Waals surface area (Å²) in [7, 11) is 0. The third-order valence-electron chi connectivity index (χ3n) is 4.91. The van der Waals surface area contributed by atoms with E-state index < -0.39 is 0 Å². The molecule has 1 amide bonds. The van der Waals surface area contributed by atoms with E-state index in [1.165, 1.54) is 5.56 Å². The van der Waals surface area contributed by atoms with Crippen LogP contribution in [-0.2, 0) is 0 Å². The molecule has 138 valence electrons. The SMILES string of the molecule is CC(NC(=O)c1ccc(C2CCNN2)cc1)c1ccccc1-n1cccn1. The van der Waals surface area contributed by atoms with Crippen molar-refractivity contribution in [2.24, 2.45) is 0 Å². The molecule has 0 aliphatic carbocycles. The van der Waals surface area contributed by atoms with Gasteiger partial charge in [0.1, 0.15) is 0 Å². The average Bonchev–Trinajstić information content (AvgIpc) is 3.42. The normalized spacial score (nSPS) is 17.6. The molecule has 0 bridgehead atoms. The van der Waals surface area contributed by atoms with E-state index in [1.54, 1.807) is 6.20 Å². The van der Waals surface area contributed by atoms with Crippen LogP contribution in [0.25, 0.3) is 5.69 Å². The van der Waals surface area contributed by atoms with Gasteiger partial charge in [-0.25, -0.2) is 4.68 Å². The molecule has 6 nitrogen and oxygen atoms in total. The van der Waals surface area contributed by atoms with E-state index in [0.29, 0.717) is 11.6 Å². The maximum absolute atomic E-state index is 12.7. The first-order valence-corrected chi connectivity index (χ1v) is 9.20. The molecule has 0 saturated carbocycles. The van der Waals surface area contributed by atoms with Crippen LogP contribution in [0.15, 0.2) is 67.0 Å². The Morgan fingerprint density at radius 1 is 1.19 bits per heavy atom. The third-order valence-corrected chi connectivity index (χ3v) is 4.91. The summed E-state index contributed by atoms with van der Waals surface area (Å²) in [5, 5.41) is 7.40. The lowest BCUT2D eigenvalue weighted by molar-refractivity contribution is 0.0940. The summed E-state index contributed by atoms with van der Waals surface area (Å²) in [4.78, 5) is 12.7. The molecule has 0 radical (unpaired) electrons. The first-order valence-electron chi connectivity index (χ1n) is 9.20. The second kappa shape index (κ2) is 7.73. The smallest absolute Gasteiger partial charge is 0.251 e. The Morgan fingerprint density at radius 2 is 2.00 bits per heavy atom. The van der Waals surface area contributed by atoms with Crippen LogP contribution >= 0.6 is 0 Å². The fourth-order valence-electron chi connectivity index (χ4n) is 3.43. The van der Waals surface area contributed by atoms with Gasteiger partial charge in [-0.05, 0) is 48.7 Å². The van der Waals surface area contributed by atoms with Gasteiger partial charge >= 0.3 is 0 Å². The molecular formula is C21H23N5O. The Balaban J connectivity index is 1.48. The summed E-state index contributed by atoms with van der Waals surface area (Å²) in [5.41, 5.74) is 10.2. The Hall–Kier alpha value is -2.96. The molecule has 2 unspecified atom stereocenters. The van der Waals surface area contributed by atoms with E-state index >= 15 is 0 Å². The highest BCUT2D eigenvalue weighted by Gasteiger charge is 2.18. The highest BCUT2D eigenvalue weighted by Crippen LogP contribution is 2.22. The number of hydrogen-bond acceptors (Lipinski definition) is 4. The summed E-state index contributed by atoms with van der Waals surface area (Å²) in [5.74, 6) is -0.0816. The lowest BCUT2D eigenvalue weighted by Gasteiger charge is -2.18. The molecule has 1 fully saturated rings. The fraction of sp³-hybridized carbons (Fsp3) is 0.238. The monoisotopic (exact) mass is 361 g/mol. The molecule has 1 aliphatic rings. The number of rotatable bonds is 5. The number of nitrogens with one attached hydrogen (secondary N) is 3. The summed E-state index contributed by atoms with van der Waals surface area (Å²) < 4.78 is 1.81. The highest BCUT2D eigenvalue weighted by molar-refractivity contribution is 5.94. The molecule has 0 spiro atoms. The minimum Gasteiger partial charge on any atom is -0.345 e. The standard InChI is InChI=1S/C21H23N5O/c1-15(18-5-2-3-6-20(18)26-14-4-12-23-26)24-21(27)17-9-7-16(8-10-17)19-11-13-22-25-19/h2-10,12,14-15,19,22,25H,11,13H2,1H3,(H,24,27). The van der Waals surface area contributed by atoms with Crippen LogP contribution in [0.3, 0.4) is 0 Å². The minimum atomic E-state index is -0.140. The number of benzene rings is 2. The lowest BCUT2D eigenvalue weighted by atomic mass is 10.0. The molecule has 1 aliphatic heterocycles. The molecule has 2 atom stereocenters. The van der Waals surface area contributed by atoms with Crippen molar-refractivity contribution in [2.45, 2.75) is 25.4 Å². The maximum Gasteiger partial charge on any atom is 0.251 e. The molecule has 3 N–H and O–H groups in total. The quantitative estimate of drug-likeness (QED) is 0.653. The number of nitrogens with zero attached hydrogens (tertiary/aromatic N) is 2. The predicted octanol–water partition coefficient (Wildman–Crippen LogP) is 2.90. The van der Waals surface area contributed by atoms with Crippen LogP contribution < -0.4 is 16.2 Å². The Bertz CT molecular complexity index is 899. The van der Waals surface area contributed by atoms with E-state index in [9.17, 15) is 4.79 Å². The summed E-state index contributed by atoms with van der Waals surface area (Å²) in [6.45, 7) is 2.95. The number of aromatic nitrogens is 2. The van der Waals surface area contributed by atoms with E-state index in [2.05, 4.69) is 21.3 Å². The average molecular weight is 361 g/mol. The highest BCUT2D eigenvalue weighted by atomic mass is 16.1. The van der Waals surface area contributed by atoms with Gasteiger partial charge < -0.3 is 5.32 Å². The molecule has 3 aromatic rings. The summed E-state index contributed by atoms with van der Waals surface area (Å²) >= 11 is 0. The zero-order chi connectivity index (χ0) is 18.6. The van der Waals surface area contributed by atoms with Crippen molar-refractivity contribution >= 4 is 5.91 Å². The van der Waals surface area contributed by atoms with Crippen LogP contribution in [0.1, 0.15) is 46.9 Å². The first kappa shape index (κ1) is 17.5. The van der Waals surface area contributed by atoms with Gasteiger partial charge in [0.25, 0.3) is 5.91 Å². The molecule has 2 aromatic carbocycles. The second-order valence-electron chi connectivity index (χ2n) is 6.74. The second-order valence-corrected chi connectivity index (χ2v) is 6.74. The minimum absolute atomic E-state index is 0.0816. The van der Waals surface area contributed by atoms with Gasteiger partial charge in [-0.3, -0.25) is 15.6 Å². The summed E-state index contributed by atoms with van der Waals surface area (Å²) in [6.07, 6.45) is 4.70. The molecule has 27 heavy (non-hydrogen) atoms. The molecule has 6 heteroatoms. The largest absolute Gasteiger partial charge is 0.345 e. The summed E-state index contributed by atoms with van der Waals surface area (Å²) in [6, 6.07) is 17.8. The van der Waals surface area contributed by atoms with Crippen molar-refractivity contribution in [3.05, 3.63) is 83.7 Å². The number of amides is 1. The van der Waals surface area contributed by atoms with E-state index in [1.807, 2.05) is 72.4 Å². The number of carbonyl (C=O) groups is 1. The van der Waals surface area contributed by atoms with Crippen molar-refractivity contribution in [3.63, 3.8) is 0 Å². The zero-order valence-electron chi connectivity index (χ0n) is 15.2. The molecule has 2 heterocycles. The topological polar surface area (TPSA) is 71.0 Å². The van der Waals surface area contributed by atoms with Crippen molar-refractivity contribution < 1.29 is 4.79 Å². The number of hydrogen-bond donors (Lipinski definition) is 3. The number of para-hydroxylation sites is 1. The fourth-order valence-corrected chi connectivity index (χ4v) is 3.43.